The molecule has 1 aliphatic rings. The van der Waals surface area contributed by atoms with Gasteiger partial charge in [0.1, 0.15) is 6.10 Å². The summed E-state index contributed by atoms with van der Waals surface area (Å²) in [6.45, 7) is 0.333. The standard InChI is InChI=1S/C16H15NO3/c18-14-15(13-9-5-2-6-10-13)20-17(16(14)19)11-12-7-3-1-4-8-12/h1-10,14-15,18H,11H2/t14-,15-/m1/s1. The summed E-state index contributed by atoms with van der Waals surface area (Å²) in [5, 5.41) is 11.3. The summed E-state index contributed by atoms with van der Waals surface area (Å²) < 4.78 is 0. The number of amides is 1. The van der Waals surface area contributed by atoms with Crippen LogP contribution >= 0.6 is 0 Å². The second-order valence-corrected chi connectivity index (χ2v) is 4.74. The Bertz CT molecular complexity index is 585. The molecule has 0 saturated carbocycles. The van der Waals surface area contributed by atoms with Crippen molar-refractivity contribution in [1.82, 2.24) is 5.06 Å². The summed E-state index contributed by atoms with van der Waals surface area (Å²) in [5.41, 5.74) is 1.76. The fourth-order valence-corrected chi connectivity index (χ4v) is 2.27. The first-order valence-electron chi connectivity index (χ1n) is 6.51. The fraction of sp³-hybridized carbons (Fsp3) is 0.188. The van der Waals surface area contributed by atoms with Crippen LogP contribution in [-0.2, 0) is 16.2 Å². The van der Waals surface area contributed by atoms with Gasteiger partial charge in [-0.3, -0.25) is 9.63 Å². The van der Waals surface area contributed by atoms with E-state index in [1.54, 1.807) is 0 Å². The van der Waals surface area contributed by atoms with E-state index in [0.29, 0.717) is 6.54 Å². The van der Waals surface area contributed by atoms with Crippen LogP contribution in [-0.4, -0.2) is 22.2 Å². The Balaban J connectivity index is 1.77. The van der Waals surface area contributed by atoms with Gasteiger partial charge in [0.15, 0.2) is 6.10 Å². The Labute approximate surface area is 117 Å². The first kappa shape index (κ1) is 12.8. The number of benzene rings is 2. The molecule has 1 heterocycles. The SMILES string of the molecule is O=C1[C@H](O)[C@@H](c2ccccc2)ON1Cc1ccccc1. The normalized spacial score (nSPS) is 22.2. The highest BCUT2D eigenvalue weighted by atomic mass is 16.7. The highest BCUT2D eigenvalue weighted by Crippen LogP contribution is 2.30. The number of carbonyl (C=O) groups excluding carboxylic acids is 1. The molecule has 4 heteroatoms. The maximum Gasteiger partial charge on any atom is 0.278 e. The van der Waals surface area contributed by atoms with Gasteiger partial charge in [-0.25, -0.2) is 5.06 Å². The number of hydrogen-bond donors (Lipinski definition) is 1. The molecule has 4 nitrogen and oxygen atoms in total. The zero-order chi connectivity index (χ0) is 13.9. The first-order chi connectivity index (χ1) is 9.75. The molecule has 0 radical (unpaired) electrons. The van der Waals surface area contributed by atoms with Crippen molar-refractivity contribution in [2.24, 2.45) is 0 Å². The molecule has 1 aliphatic heterocycles. The van der Waals surface area contributed by atoms with Crippen molar-refractivity contribution in [2.45, 2.75) is 18.8 Å². The van der Waals surface area contributed by atoms with E-state index in [2.05, 4.69) is 0 Å². The number of carbonyl (C=O) groups is 1. The van der Waals surface area contributed by atoms with Crippen molar-refractivity contribution in [2.75, 3.05) is 0 Å². The molecule has 2 aromatic rings. The van der Waals surface area contributed by atoms with Gasteiger partial charge >= 0.3 is 0 Å². The molecular weight excluding hydrogens is 254 g/mol. The maximum atomic E-state index is 12.0. The van der Waals surface area contributed by atoms with Crippen molar-refractivity contribution in [1.29, 1.82) is 0 Å². The smallest absolute Gasteiger partial charge is 0.278 e. The van der Waals surface area contributed by atoms with Crippen LogP contribution in [0.4, 0.5) is 0 Å². The van der Waals surface area contributed by atoms with Crippen molar-refractivity contribution < 1.29 is 14.7 Å². The number of nitrogens with zero attached hydrogens (tertiary/aromatic N) is 1. The molecular formula is C16H15NO3. The van der Waals surface area contributed by atoms with Crippen LogP contribution in [0.25, 0.3) is 0 Å². The summed E-state index contributed by atoms with van der Waals surface area (Å²) in [7, 11) is 0. The molecule has 1 saturated heterocycles. The molecule has 1 N–H and O–H groups in total. The van der Waals surface area contributed by atoms with Gasteiger partial charge in [0.25, 0.3) is 5.91 Å². The lowest BCUT2D eigenvalue weighted by molar-refractivity contribution is -0.177. The summed E-state index contributed by atoms with van der Waals surface area (Å²) in [5.74, 6) is -0.400. The predicted octanol–water partition coefficient (Wildman–Crippen LogP) is 2.06. The van der Waals surface area contributed by atoms with E-state index in [1.165, 1.54) is 5.06 Å². The van der Waals surface area contributed by atoms with Gasteiger partial charge in [-0.15, -0.1) is 0 Å². The summed E-state index contributed by atoms with van der Waals surface area (Å²) in [6, 6.07) is 18.8. The summed E-state index contributed by atoms with van der Waals surface area (Å²) in [6.07, 6.45) is -1.78. The minimum Gasteiger partial charge on any atom is -0.380 e. The highest BCUT2D eigenvalue weighted by Gasteiger charge is 2.41. The lowest BCUT2D eigenvalue weighted by Gasteiger charge is -2.16. The number of hydroxylamine groups is 2. The Kier molecular flexibility index (Phi) is 3.50. The molecule has 1 fully saturated rings. The lowest BCUT2D eigenvalue weighted by atomic mass is 10.1. The van der Waals surface area contributed by atoms with E-state index in [9.17, 15) is 9.90 Å². The number of hydrogen-bond acceptors (Lipinski definition) is 3. The Hall–Kier alpha value is -2.17. The second-order valence-electron chi connectivity index (χ2n) is 4.74. The third kappa shape index (κ3) is 2.43. The largest absolute Gasteiger partial charge is 0.380 e. The molecule has 1 amide bonds. The number of rotatable bonds is 3. The molecule has 0 aliphatic carbocycles. The summed E-state index contributed by atoms with van der Waals surface area (Å²) >= 11 is 0. The average Bonchev–Trinajstić information content (AvgIpc) is 2.78. The highest BCUT2D eigenvalue weighted by molar-refractivity contribution is 5.82. The van der Waals surface area contributed by atoms with Crippen LogP contribution in [0.5, 0.6) is 0 Å². The van der Waals surface area contributed by atoms with Gasteiger partial charge in [0.2, 0.25) is 0 Å². The summed E-state index contributed by atoms with van der Waals surface area (Å²) in [4.78, 5) is 17.7. The molecule has 3 rings (SSSR count). The van der Waals surface area contributed by atoms with Crippen molar-refractivity contribution >= 4 is 5.91 Å². The van der Waals surface area contributed by atoms with Gasteiger partial charge < -0.3 is 5.11 Å². The van der Waals surface area contributed by atoms with Crippen molar-refractivity contribution in [3.05, 3.63) is 71.8 Å². The minimum atomic E-state index is -1.15. The van der Waals surface area contributed by atoms with Crippen LogP contribution in [0.3, 0.4) is 0 Å². The molecule has 0 aromatic heterocycles. The van der Waals surface area contributed by atoms with Gasteiger partial charge in [-0.2, -0.15) is 0 Å². The Morgan fingerprint density at radius 1 is 1.00 bits per heavy atom. The molecule has 20 heavy (non-hydrogen) atoms. The fourth-order valence-electron chi connectivity index (χ4n) is 2.27. The lowest BCUT2D eigenvalue weighted by Crippen LogP contribution is -2.28. The molecule has 102 valence electrons. The second kappa shape index (κ2) is 5.45. The third-order valence-corrected chi connectivity index (χ3v) is 3.32. The van der Waals surface area contributed by atoms with Gasteiger partial charge in [-0.1, -0.05) is 60.7 Å². The van der Waals surface area contributed by atoms with E-state index in [1.807, 2.05) is 60.7 Å². The average molecular weight is 269 g/mol. The van der Waals surface area contributed by atoms with E-state index in [-0.39, 0.29) is 0 Å². The van der Waals surface area contributed by atoms with Crippen molar-refractivity contribution in [3.8, 4) is 0 Å². The molecule has 2 atom stereocenters. The van der Waals surface area contributed by atoms with E-state index in [4.69, 9.17) is 4.84 Å². The third-order valence-electron chi connectivity index (χ3n) is 3.32. The monoisotopic (exact) mass is 269 g/mol. The van der Waals surface area contributed by atoms with E-state index in [0.717, 1.165) is 11.1 Å². The maximum absolute atomic E-state index is 12.0. The topological polar surface area (TPSA) is 49.8 Å². The van der Waals surface area contributed by atoms with Crippen LogP contribution in [0.15, 0.2) is 60.7 Å². The molecule has 2 aromatic carbocycles. The molecule has 0 bridgehead atoms. The van der Waals surface area contributed by atoms with Crippen LogP contribution < -0.4 is 0 Å². The minimum absolute atomic E-state index is 0.333. The van der Waals surface area contributed by atoms with Gasteiger partial charge in [0.05, 0.1) is 6.54 Å². The van der Waals surface area contributed by atoms with E-state index >= 15 is 0 Å². The molecule has 0 spiro atoms. The Morgan fingerprint density at radius 2 is 1.60 bits per heavy atom. The zero-order valence-corrected chi connectivity index (χ0v) is 10.8. The van der Waals surface area contributed by atoms with Crippen LogP contribution in [0, 0.1) is 0 Å². The van der Waals surface area contributed by atoms with Crippen LogP contribution in [0.1, 0.15) is 17.2 Å². The Morgan fingerprint density at radius 3 is 2.25 bits per heavy atom. The predicted molar refractivity (Wildman–Crippen MR) is 73.3 cm³/mol. The van der Waals surface area contributed by atoms with Crippen LogP contribution in [0.2, 0.25) is 0 Å². The number of aliphatic hydroxyl groups is 1. The zero-order valence-electron chi connectivity index (χ0n) is 10.8. The first-order valence-corrected chi connectivity index (χ1v) is 6.51. The van der Waals surface area contributed by atoms with Gasteiger partial charge in [0, 0.05) is 0 Å². The number of aliphatic hydroxyl groups excluding tert-OH is 1. The van der Waals surface area contributed by atoms with Crippen molar-refractivity contribution in [3.63, 3.8) is 0 Å². The van der Waals surface area contributed by atoms with Gasteiger partial charge in [-0.05, 0) is 11.1 Å². The molecule has 0 unspecified atom stereocenters. The van der Waals surface area contributed by atoms with E-state index < -0.39 is 18.1 Å². The quantitative estimate of drug-likeness (QED) is 0.928.